The minimum atomic E-state index is -3.40. The molecule has 0 radical (unpaired) electrons. The molecule has 0 unspecified atom stereocenters. The number of rotatable bonds is 9. The van der Waals surface area contributed by atoms with Crippen LogP contribution in [0.2, 0.25) is 0 Å². The molecule has 0 atom stereocenters. The summed E-state index contributed by atoms with van der Waals surface area (Å²) in [5.41, 5.74) is 8.02. The van der Waals surface area contributed by atoms with Crippen molar-refractivity contribution in [3.8, 4) is 11.1 Å². The molecule has 0 aromatic heterocycles. The van der Waals surface area contributed by atoms with Crippen LogP contribution in [-0.4, -0.2) is 32.2 Å². The summed E-state index contributed by atoms with van der Waals surface area (Å²) >= 11 is 0. The van der Waals surface area contributed by atoms with Crippen LogP contribution in [0.3, 0.4) is 0 Å². The van der Waals surface area contributed by atoms with Crippen molar-refractivity contribution in [2.75, 3.05) is 24.2 Å². The molecule has 0 saturated heterocycles. The topological polar surface area (TPSA) is 70.0 Å². The van der Waals surface area contributed by atoms with Crippen LogP contribution < -0.4 is 10.2 Å². The Bertz CT molecular complexity index is 2120. The molecule has 2 aliphatic heterocycles. The molecule has 51 heavy (non-hydrogen) atoms. The molecule has 2 heterocycles. The second-order valence-corrected chi connectivity index (χ2v) is 15.0. The average Bonchev–Trinajstić information content (AvgIpc) is 3.64. The summed E-state index contributed by atoms with van der Waals surface area (Å²) in [5.74, 6) is 0.891. The molecule has 4 aromatic carbocycles. The SMILES string of the molecule is O=S1(=O)c2ccccc2[N-]c2ccccc21.[2H]C([2H])([2H])N1C=CN(c2[c-]c(N[CH-]N(/C=C\C)C([2H])([2H])[2H])cc(-c3c(C(C)C)cc(C(C)C)cc3C(C)C)c2)[CH-]1.[Pt+4]. The van der Waals surface area contributed by atoms with Gasteiger partial charge in [0.2, 0.25) is 9.84 Å². The van der Waals surface area contributed by atoms with Crippen LogP contribution in [0.5, 0.6) is 0 Å². The fourth-order valence-corrected chi connectivity index (χ4v) is 7.38. The van der Waals surface area contributed by atoms with Gasteiger partial charge in [0.25, 0.3) is 0 Å². The van der Waals surface area contributed by atoms with Crippen molar-refractivity contribution in [2.24, 2.45) is 0 Å². The van der Waals surface area contributed by atoms with Crippen molar-refractivity contribution in [1.29, 1.82) is 0 Å². The number of nitrogens with zero attached hydrogens (tertiary/aromatic N) is 4. The van der Waals surface area contributed by atoms with Gasteiger partial charge in [-0.3, -0.25) is 0 Å². The Morgan fingerprint density at radius 3 is 2.02 bits per heavy atom. The normalized spacial score (nSPS) is 16.4. The molecule has 0 fully saturated rings. The molecule has 0 aliphatic carbocycles. The number of para-hydroxylation sites is 2. The summed E-state index contributed by atoms with van der Waals surface area (Å²) < 4.78 is 71.3. The summed E-state index contributed by atoms with van der Waals surface area (Å²) in [4.78, 5) is 4.58. The monoisotopic (exact) mass is 888 g/mol. The van der Waals surface area contributed by atoms with Crippen molar-refractivity contribution in [2.45, 2.75) is 76.0 Å². The van der Waals surface area contributed by atoms with Crippen LogP contribution in [0.4, 0.5) is 22.7 Å². The van der Waals surface area contributed by atoms with E-state index < -0.39 is 23.8 Å². The molecule has 7 nitrogen and oxygen atoms in total. The third kappa shape index (κ3) is 9.09. The molecule has 270 valence electrons. The van der Waals surface area contributed by atoms with E-state index in [1.54, 1.807) is 72.6 Å². The molecule has 0 bridgehead atoms. The minimum Gasteiger partial charge on any atom is -0.656 e. The first-order valence-corrected chi connectivity index (χ1v) is 18.2. The van der Waals surface area contributed by atoms with Crippen LogP contribution in [0.1, 0.15) is 91.1 Å². The summed E-state index contributed by atoms with van der Waals surface area (Å²) in [6, 6.07) is 25.4. The van der Waals surface area contributed by atoms with Gasteiger partial charge in [-0.25, -0.2) is 8.42 Å². The molecule has 4 aromatic rings. The van der Waals surface area contributed by atoms with Crippen LogP contribution in [0, 0.1) is 19.4 Å². The Hall–Kier alpha value is -4.00. The van der Waals surface area contributed by atoms with Gasteiger partial charge in [0.05, 0.1) is 9.79 Å². The number of benzene rings is 4. The second kappa shape index (κ2) is 17.0. The van der Waals surface area contributed by atoms with Crippen molar-refractivity contribution in [3.05, 3.63) is 139 Å². The number of allylic oxidation sites excluding steroid dienone is 1. The van der Waals surface area contributed by atoms with E-state index in [-0.39, 0.29) is 42.7 Å². The van der Waals surface area contributed by atoms with Crippen LogP contribution in [-0.2, 0) is 30.9 Å². The van der Waals surface area contributed by atoms with Crippen molar-refractivity contribution >= 4 is 32.6 Å². The van der Waals surface area contributed by atoms with E-state index in [0.717, 1.165) is 16.0 Å². The predicted octanol–water partition coefficient (Wildman–Crippen LogP) is 11.0. The zero-order valence-electron chi connectivity index (χ0n) is 36.0. The van der Waals surface area contributed by atoms with E-state index in [1.807, 2.05) is 12.1 Å². The molecule has 0 spiro atoms. The Morgan fingerprint density at radius 2 is 1.51 bits per heavy atom. The number of hydrogen-bond donors (Lipinski definition) is 1. The van der Waals surface area contributed by atoms with Gasteiger partial charge in [0.1, 0.15) is 0 Å². The van der Waals surface area contributed by atoms with Gasteiger partial charge in [0.15, 0.2) is 0 Å². The molecular weight excluding hydrogens is 834 g/mol. The van der Waals surface area contributed by atoms with E-state index >= 15 is 0 Å². The average molecular weight is 889 g/mol. The number of nitrogens with one attached hydrogen (secondary N) is 1. The fourth-order valence-electron chi connectivity index (χ4n) is 5.85. The summed E-state index contributed by atoms with van der Waals surface area (Å²) in [6.45, 7) is 13.1. The molecule has 0 saturated carbocycles. The van der Waals surface area contributed by atoms with Gasteiger partial charge in [-0.15, -0.1) is 46.5 Å². The van der Waals surface area contributed by atoms with Gasteiger partial charge in [-0.05, 0) is 91.6 Å². The molecule has 0 amide bonds. The van der Waals surface area contributed by atoms with Crippen LogP contribution >= 0.6 is 0 Å². The minimum absolute atomic E-state index is 0. The van der Waals surface area contributed by atoms with Crippen LogP contribution in [0.15, 0.2) is 107 Å². The van der Waals surface area contributed by atoms with Crippen LogP contribution in [0.25, 0.3) is 16.4 Å². The van der Waals surface area contributed by atoms with E-state index in [4.69, 9.17) is 8.22 Å². The first kappa shape index (κ1) is 31.7. The Balaban J connectivity index is 0.000000349. The summed E-state index contributed by atoms with van der Waals surface area (Å²) in [5, 5.41) is 7.45. The molecule has 1 N–H and O–H groups in total. The fraction of sp³-hybridized carbons (Fsp3) is 0.286. The Morgan fingerprint density at radius 1 is 0.902 bits per heavy atom. The van der Waals surface area contributed by atoms with Crippen molar-refractivity contribution in [3.63, 3.8) is 0 Å². The summed E-state index contributed by atoms with van der Waals surface area (Å²) in [7, 11) is -3.40. The predicted molar refractivity (Wildman–Crippen MR) is 208 cm³/mol. The maximum Gasteiger partial charge on any atom is 4.00 e. The van der Waals surface area contributed by atoms with E-state index in [1.165, 1.54) is 47.3 Å². The largest absolute Gasteiger partial charge is 4.00 e. The number of hydrogen-bond acceptors (Lipinski definition) is 6. The molecule has 2 aliphatic rings. The van der Waals surface area contributed by atoms with E-state index in [2.05, 4.69) is 70.4 Å². The van der Waals surface area contributed by atoms with Gasteiger partial charge in [-0.1, -0.05) is 96.1 Å². The standard InChI is InChI=1S/C30H41N4.C12H8NO2S.Pt/c1-10-11-32(8)19-31-26-14-25(15-27(18-26)34-13-12-33(9)20-34)30-28(22(4)5)16-24(21(2)3)17-29(30)23(6)7;14-16(15)11-7-3-1-5-9(11)13-10-6-2-4-8-12(10)16;/h10-17,19-23,31H,1-9H3;1-8H;/q-3;-1;+4/b11-10-;;/i8D3,9D3;;. The third-order valence-electron chi connectivity index (χ3n) is 8.41. The number of sulfone groups is 1. The maximum atomic E-state index is 12.2. The number of fused-ring (bicyclic) bond motifs is 2. The first-order chi connectivity index (χ1) is 26.2. The maximum absolute atomic E-state index is 12.2. The zero-order valence-corrected chi connectivity index (χ0v) is 33.0. The quantitative estimate of drug-likeness (QED) is 0.149. The van der Waals surface area contributed by atoms with Gasteiger partial charge in [-0.2, -0.15) is 13.3 Å². The van der Waals surface area contributed by atoms with E-state index in [9.17, 15) is 8.42 Å². The van der Waals surface area contributed by atoms with Gasteiger partial charge in [0, 0.05) is 8.22 Å². The second-order valence-electron chi connectivity index (χ2n) is 13.1. The molecule has 6 rings (SSSR count). The zero-order chi connectivity index (χ0) is 41.2. The van der Waals surface area contributed by atoms with Gasteiger partial charge < -0.3 is 25.3 Å². The molecular formula is C42H49N5O2PtS. The number of anilines is 2. The smallest absolute Gasteiger partial charge is 0.656 e. The van der Waals surface area contributed by atoms with Crippen molar-refractivity contribution in [1.82, 2.24) is 9.80 Å². The van der Waals surface area contributed by atoms with E-state index in [0.29, 0.717) is 28.7 Å². The summed E-state index contributed by atoms with van der Waals surface area (Å²) in [6.07, 6.45) is 6.32. The Kier molecular flexibility index (Phi) is 10.6. The first-order valence-electron chi connectivity index (χ1n) is 19.7. The Labute approximate surface area is 329 Å². The van der Waals surface area contributed by atoms with Gasteiger partial charge >= 0.3 is 21.1 Å². The molecule has 9 heteroatoms. The van der Waals surface area contributed by atoms with Crippen molar-refractivity contribution < 1.29 is 37.7 Å². The third-order valence-corrected chi connectivity index (χ3v) is 10.3.